The van der Waals surface area contributed by atoms with Crippen LogP contribution in [0.4, 0.5) is 0 Å². The van der Waals surface area contributed by atoms with Crippen molar-refractivity contribution in [2.45, 2.75) is 19.6 Å². The maximum absolute atomic E-state index is 12.1. The summed E-state index contributed by atoms with van der Waals surface area (Å²) in [6, 6.07) is 14.5. The van der Waals surface area contributed by atoms with Gasteiger partial charge in [0.2, 0.25) is 0 Å². The largest absolute Gasteiger partial charge is 0.497 e. The second kappa shape index (κ2) is 7.71. The van der Waals surface area contributed by atoms with Gasteiger partial charge in [0, 0.05) is 11.6 Å². The van der Waals surface area contributed by atoms with Gasteiger partial charge in [-0.25, -0.2) is 0 Å². The molecule has 1 amide bonds. The molecule has 0 fully saturated rings. The number of halogens is 1. The van der Waals surface area contributed by atoms with E-state index in [2.05, 4.69) is 5.32 Å². The maximum atomic E-state index is 12.1. The van der Waals surface area contributed by atoms with Crippen LogP contribution in [-0.2, 0) is 11.3 Å². The van der Waals surface area contributed by atoms with Crippen LogP contribution < -0.4 is 14.8 Å². The van der Waals surface area contributed by atoms with E-state index in [1.165, 1.54) is 0 Å². The number of ether oxygens (including phenoxy) is 2. The summed E-state index contributed by atoms with van der Waals surface area (Å²) in [7, 11) is 1.60. The summed E-state index contributed by atoms with van der Waals surface area (Å²) in [5.74, 6) is 1.15. The molecule has 22 heavy (non-hydrogen) atoms. The Balaban J connectivity index is 1.87. The van der Waals surface area contributed by atoms with Gasteiger partial charge < -0.3 is 14.8 Å². The third-order valence-electron chi connectivity index (χ3n) is 3.15. The second-order valence-corrected chi connectivity index (χ2v) is 5.15. The van der Waals surface area contributed by atoms with Gasteiger partial charge in [0.05, 0.1) is 7.11 Å². The van der Waals surface area contributed by atoms with Crippen molar-refractivity contribution in [3.8, 4) is 11.5 Å². The summed E-state index contributed by atoms with van der Waals surface area (Å²) in [6.45, 7) is 2.07. The SMILES string of the molecule is COc1ccc(OC(C)C(=O)NCc2ccccc2Cl)cc1. The lowest BCUT2D eigenvalue weighted by Crippen LogP contribution is -2.35. The van der Waals surface area contributed by atoms with Crippen molar-refractivity contribution >= 4 is 17.5 Å². The molecule has 0 aromatic heterocycles. The molecular weight excluding hydrogens is 302 g/mol. The van der Waals surface area contributed by atoms with E-state index in [0.717, 1.165) is 11.3 Å². The number of rotatable bonds is 6. The van der Waals surface area contributed by atoms with Crippen LogP contribution >= 0.6 is 11.6 Å². The van der Waals surface area contributed by atoms with E-state index < -0.39 is 6.10 Å². The van der Waals surface area contributed by atoms with Gasteiger partial charge >= 0.3 is 0 Å². The zero-order valence-corrected chi connectivity index (χ0v) is 13.3. The minimum absolute atomic E-state index is 0.198. The molecule has 0 saturated heterocycles. The summed E-state index contributed by atoms with van der Waals surface area (Å²) in [5.41, 5.74) is 0.870. The van der Waals surface area contributed by atoms with Crippen molar-refractivity contribution < 1.29 is 14.3 Å². The van der Waals surface area contributed by atoms with Gasteiger partial charge in [0.25, 0.3) is 5.91 Å². The van der Waals surface area contributed by atoms with Crippen LogP contribution in [0.3, 0.4) is 0 Å². The van der Waals surface area contributed by atoms with E-state index in [0.29, 0.717) is 17.3 Å². The molecule has 2 aromatic carbocycles. The number of amides is 1. The molecule has 0 aliphatic heterocycles. The predicted octanol–water partition coefficient (Wildman–Crippen LogP) is 3.43. The highest BCUT2D eigenvalue weighted by molar-refractivity contribution is 6.31. The molecule has 0 saturated carbocycles. The topological polar surface area (TPSA) is 47.6 Å². The minimum atomic E-state index is -0.601. The van der Waals surface area contributed by atoms with Crippen molar-refractivity contribution in [1.82, 2.24) is 5.32 Å². The van der Waals surface area contributed by atoms with Crippen molar-refractivity contribution in [2.75, 3.05) is 7.11 Å². The molecule has 116 valence electrons. The third-order valence-corrected chi connectivity index (χ3v) is 3.52. The third kappa shape index (κ3) is 4.40. The molecule has 0 heterocycles. The highest BCUT2D eigenvalue weighted by atomic mass is 35.5. The van der Waals surface area contributed by atoms with E-state index >= 15 is 0 Å². The summed E-state index contributed by atoms with van der Waals surface area (Å²) in [4.78, 5) is 12.1. The van der Waals surface area contributed by atoms with Gasteiger partial charge in [-0.2, -0.15) is 0 Å². The molecular formula is C17H18ClNO3. The summed E-state index contributed by atoms with van der Waals surface area (Å²) >= 11 is 6.05. The summed E-state index contributed by atoms with van der Waals surface area (Å²) in [5, 5.41) is 3.44. The minimum Gasteiger partial charge on any atom is -0.497 e. The fourth-order valence-corrected chi connectivity index (χ4v) is 2.08. The monoisotopic (exact) mass is 319 g/mol. The summed E-state index contributed by atoms with van der Waals surface area (Å²) in [6.07, 6.45) is -0.601. The molecule has 2 aromatic rings. The Labute approximate surface area is 135 Å². The van der Waals surface area contributed by atoms with Crippen molar-refractivity contribution in [2.24, 2.45) is 0 Å². The Morgan fingerprint density at radius 3 is 2.41 bits per heavy atom. The van der Waals surface area contributed by atoms with E-state index in [1.807, 2.05) is 18.2 Å². The van der Waals surface area contributed by atoms with Crippen LogP contribution in [0.15, 0.2) is 48.5 Å². The van der Waals surface area contributed by atoms with Crippen molar-refractivity contribution in [3.05, 3.63) is 59.1 Å². The lowest BCUT2D eigenvalue weighted by molar-refractivity contribution is -0.127. The van der Waals surface area contributed by atoms with Gasteiger partial charge in [-0.05, 0) is 42.8 Å². The maximum Gasteiger partial charge on any atom is 0.261 e. The van der Waals surface area contributed by atoms with Gasteiger partial charge in [-0.1, -0.05) is 29.8 Å². The normalized spacial score (nSPS) is 11.6. The quantitative estimate of drug-likeness (QED) is 0.887. The van der Waals surface area contributed by atoms with Gasteiger partial charge in [-0.15, -0.1) is 0 Å². The van der Waals surface area contributed by atoms with Crippen molar-refractivity contribution in [3.63, 3.8) is 0 Å². The Hall–Kier alpha value is -2.20. The van der Waals surface area contributed by atoms with Crippen LogP contribution in [0.1, 0.15) is 12.5 Å². The molecule has 2 rings (SSSR count). The first-order valence-corrected chi connectivity index (χ1v) is 7.30. The van der Waals surface area contributed by atoms with Crippen LogP contribution in [0.5, 0.6) is 11.5 Å². The molecule has 1 N–H and O–H groups in total. The number of carbonyl (C=O) groups excluding carboxylic acids is 1. The zero-order chi connectivity index (χ0) is 15.9. The Bertz CT molecular complexity index is 628. The first kappa shape index (κ1) is 16.2. The van der Waals surface area contributed by atoms with Crippen LogP contribution in [-0.4, -0.2) is 19.1 Å². The lowest BCUT2D eigenvalue weighted by atomic mass is 10.2. The molecule has 4 nitrogen and oxygen atoms in total. The standard InChI is InChI=1S/C17H18ClNO3/c1-12(22-15-9-7-14(21-2)8-10-15)17(20)19-11-13-5-3-4-6-16(13)18/h3-10,12H,11H2,1-2H3,(H,19,20). The van der Waals surface area contributed by atoms with E-state index in [4.69, 9.17) is 21.1 Å². The van der Waals surface area contributed by atoms with Gasteiger partial charge in [0.15, 0.2) is 6.10 Å². The average molecular weight is 320 g/mol. The number of hydrogen-bond acceptors (Lipinski definition) is 3. The lowest BCUT2D eigenvalue weighted by Gasteiger charge is -2.15. The molecule has 0 radical (unpaired) electrons. The van der Waals surface area contributed by atoms with Crippen LogP contribution in [0, 0.1) is 0 Å². The van der Waals surface area contributed by atoms with Crippen LogP contribution in [0.2, 0.25) is 5.02 Å². The highest BCUT2D eigenvalue weighted by Crippen LogP contribution is 2.18. The summed E-state index contributed by atoms with van der Waals surface area (Å²) < 4.78 is 10.7. The van der Waals surface area contributed by atoms with E-state index in [9.17, 15) is 4.79 Å². The number of hydrogen-bond donors (Lipinski definition) is 1. The van der Waals surface area contributed by atoms with Gasteiger partial charge in [0.1, 0.15) is 11.5 Å². The Morgan fingerprint density at radius 2 is 1.77 bits per heavy atom. The average Bonchev–Trinajstić information content (AvgIpc) is 2.54. The molecule has 0 aliphatic carbocycles. The first-order valence-electron chi connectivity index (χ1n) is 6.92. The zero-order valence-electron chi connectivity index (χ0n) is 12.5. The van der Waals surface area contributed by atoms with Crippen molar-refractivity contribution in [1.29, 1.82) is 0 Å². The molecule has 5 heteroatoms. The fraction of sp³-hybridized carbons (Fsp3) is 0.235. The Morgan fingerprint density at radius 1 is 1.14 bits per heavy atom. The highest BCUT2D eigenvalue weighted by Gasteiger charge is 2.14. The fourth-order valence-electron chi connectivity index (χ4n) is 1.88. The number of methoxy groups -OCH3 is 1. The molecule has 1 unspecified atom stereocenters. The number of carbonyl (C=O) groups is 1. The number of nitrogens with one attached hydrogen (secondary N) is 1. The van der Waals surface area contributed by atoms with E-state index in [1.54, 1.807) is 44.4 Å². The predicted molar refractivity (Wildman–Crippen MR) is 86.4 cm³/mol. The molecule has 0 bridgehead atoms. The number of benzene rings is 2. The Kier molecular flexibility index (Phi) is 5.67. The molecule has 1 atom stereocenters. The van der Waals surface area contributed by atoms with E-state index in [-0.39, 0.29) is 5.91 Å². The molecule has 0 aliphatic rings. The first-order chi connectivity index (χ1) is 10.6. The molecule has 0 spiro atoms. The second-order valence-electron chi connectivity index (χ2n) is 4.74. The smallest absolute Gasteiger partial charge is 0.261 e. The van der Waals surface area contributed by atoms with Crippen LogP contribution in [0.25, 0.3) is 0 Å². The van der Waals surface area contributed by atoms with Gasteiger partial charge in [-0.3, -0.25) is 4.79 Å².